The smallest absolute Gasteiger partial charge is 0.229 e. The number of carbonyl (C=O) groups is 2. The molecule has 0 aliphatic heterocycles. The molecule has 2 aromatic rings. The van der Waals surface area contributed by atoms with Gasteiger partial charge in [0.2, 0.25) is 5.91 Å². The van der Waals surface area contributed by atoms with Crippen molar-refractivity contribution in [1.29, 1.82) is 0 Å². The van der Waals surface area contributed by atoms with Gasteiger partial charge in [0.05, 0.1) is 5.25 Å². The Kier molecular flexibility index (Phi) is 5.54. The van der Waals surface area contributed by atoms with Crippen LogP contribution in [-0.2, 0) is 4.79 Å². The second-order valence-corrected chi connectivity index (χ2v) is 8.53. The second kappa shape index (κ2) is 7.23. The Hall–Kier alpha value is -1.73. The number of hydrogen-bond acceptors (Lipinski definition) is 6. The van der Waals surface area contributed by atoms with Gasteiger partial charge in [-0.25, -0.2) is 0 Å². The molecule has 0 saturated carbocycles. The third-order valence-electron chi connectivity index (χ3n) is 3.10. The Morgan fingerprint density at radius 1 is 1.22 bits per heavy atom. The zero-order chi connectivity index (χ0) is 17.0. The fourth-order valence-electron chi connectivity index (χ4n) is 1.69. The summed E-state index contributed by atoms with van der Waals surface area (Å²) in [7, 11) is 0. The Labute approximate surface area is 143 Å². The van der Waals surface area contributed by atoms with E-state index in [1.54, 1.807) is 29.8 Å². The minimum atomic E-state index is -0.457. The lowest BCUT2D eigenvalue weighted by Crippen LogP contribution is -2.27. The molecule has 0 aliphatic carbocycles. The van der Waals surface area contributed by atoms with Crippen LogP contribution in [-0.4, -0.2) is 27.1 Å². The topological polar surface area (TPSA) is 72.0 Å². The number of nitrogens with one attached hydrogen (secondary N) is 1. The van der Waals surface area contributed by atoms with Crippen LogP contribution in [0.25, 0.3) is 0 Å². The number of aromatic nitrogens is 2. The number of carbonyl (C=O) groups excluding carboxylic acids is 2. The van der Waals surface area contributed by atoms with Crippen molar-refractivity contribution in [1.82, 2.24) is 10.2 Å². The Bertz CT molecular complexity index is 676. The van der Waals surface area contributed by atoms with Crippen molar-refractivity contribution >= 4 is 40.5 Å². The highest BCUT2D eigenvalue weighted by Crippen LogP contribution is 2.27. The number of benzene rings is 1. The van der Waals surface area contributed by atoms with E-state index in [0.717, 1.165) is 4.34 Å². The van der Waals surface area contributed by atoms with Crippen LogP contribution >= 0.6 is 23.1 Å². The zero-order valence-electron chi connectivity index (χ0n) is 13.5. The number of anilines is 1. The van der Waals surface area contributed by atoms with Crippen molar-refractivity contribution in [2.45, 2.75) is 37.3 Å². The summed E-state index contributed by atoms with van der Waals surface area (Å²) in [5.74, 6) is -0.0318. The normalized spacial score (nSPS) is 12.7. The minimum absolute atomic E-state index is 0.0268. The second-order valence-electron chi connectivity index (χ2n) is 6.11. The lowest BCUT2D eigenvalue weighted by atomic mass is 9.95. The summed E-state index contributed by atoms with van der Waals surface area (Å²) in [5.41, 5.74) is 2.49. The summed E-state index contributed by atoms with van der Waals surface area (Å²) in [6.07, 6.45) is 0. The van der Waals surface area contributed by atoms with Gasteiger partial charge in [-0.1, -0.05) is 43.9 Å². The first-order chi connectivity index (χ1) is 10.8. The van der Waals surface area contributed by atoms with E-state index >= 15 is 0 Å². The molecule has 0 unspecified atom stereocenters. The summed E-state index contributed by atoms with van der Waals surface area (Å²) in [6, 6.07) is 6.97. The van der Waals surface area contributed by atoms with E-state index in [0.29, 0.717) is 11.3 Å². The maximum Gasteiger partial charge on any atom is 0.229 e. The highest BCUT2D eigenvalue weighted by Gasteiger charge is 2.22. The molecule has 0 spiro atoms. The molecule has 0 saturated heterocycles. The molecule has 1 amide bonds. The van der Waals surface area contributed by atoms with Crippen molar-refractivity contribution in [3.8, 4) is 0 Å². The van der Waals surface area contributed by atoms with Gasteiger partial charge < -0.3 is 5.32 Å². The molecular formula is C16H19N3O2S2. The molecule has 0 fully saturated rings. The third-order valence-corrected chi connectivity index (χ3v) is 5.01. The predicted octanol–water partition coefficient (Wildman–Crippen LogP) is 3.89. The van der Waals surface area contributed by atoms with E-state index in [4.69, 9.17) is 0 Å². The van der Waals surface area contributed by atoms with Gasteiger partial charge in [-0.05, 0) is 31.2 Å². The van der Waals surface area contributed by atoms with Crippen LogP contribution in [0.5, 0.6) is 0 Å². The van der Waals surface area contributed by atoms with Crippen LogP contribution < -0.4 is 5.32 Å². The number of hydrogen-bond donors (Lipinski definition) is 1. The van der Waals surface area contributed by atoms with Crippen molar-refractivity contribution in [2.75, 3.05) is 5.32 Å². The van der Waals surface area contributed by atoms with Gasteiger partial charge in [0.15, 0.2) is 10.1 Å². The summed E-state index contributed by atoms with van der Waals surface area (Å²) in [5, 5.41) is 10.3. The largest absolute Gasteiger partial charge is 0.326 e. The van der Waals surface area contributed by atoms with E-state index in [1.807, 2.05) is 27.7 Å². The first-order valence-corrected chi connectivity index (χ1v) is 8.92. The highest BCUT2D eigenvalue weighted by molar-refractivity contribution is 8.02. The molecule has 7 heteroatoms. The molecule has 0 aliphatic rings. The quantitative estimate of drug-likeness (QED) is 0.655. The number of Topliss-reactive ketones (excluding diaryl/α,β-unsaturated/α-hetero) is 1. The highest BCUT2D eigenvalue weighted by atomic mass is 32.2. The van der Waals surface area contributed by atoms with Crippen LogP contribution in [0.4, 0.5) is 5.69 Å². The van der Waals surface area contributed by atoms with Gasteiger partial charge in [0.25, 0.3) is 0 Å². The van der Waals surface area contributed by atoms with Crippen molar-refractivity contribution in [3.05, 3.63) is 35.3 Å². The van der Waals surface area contributed by atoms with E-state index in [1.165, 1.54) is 23.1 Å². The molecule has 1 atom stereocenters. The first kappa shape index (κ1) is 17.6. The van der Waals surface area contributed by atoms with Crippen molar-refractivity contribution < 1.29 is 9.59 Å². The molecule has 1 aromatic carbocycles. The molecule has 5 nitrogen and oxygen atoms in total. The van der Waals surface area contributed by atoms with Gasteiger partial charge in [-0.15, -0.1) is 10.2 Å². The van der Waals surface area contributed by atoms with Crippen LogP contribution in [0.15, 0.2) is 34.1 Å². The Morgan fingerprint density at radius 2 is 1.87 bits per heavy atom. The molecule has 1 aromatic heterocycles. The van der Waals surface area contributed by atoms with E-state index in [2.05, 4.69) is 15.5 Å². The minimum Gasteiger partial charge on any atom is -0.326 e. The van der Waals surface area contributed by atoms with E-state index in [-0.39, 0.29) is 16.9 Å². The van der Waals surface area contributed by atoms with Crippen molar-refractivity contribution in [3.63, 3.8) is 0 Å². The summed E-state index contributed by atoms with van der Waals surface area (Å²) in [4.78, 5) is 24.4. The van der Waals surface area contributed by atoms with E-state index in [9.17, 15) is 9.59 Å². The average Bonchev–Trinajstić information content (AvgIpc) is 2.99. The third kappa shape index (κ3) is 4.87. The lowest BCUT2D eigenvalue weighted by molar-refractivity contribution is -0.123. The Balaban J connectivity index is 2.01. The number of rotatable bonds is 5. The first-order valence-electron chi connectivity index (χ1n) is 7.16. The number of thioether (sulfide) groups is 1. The number of amides is 1. The lowest BCUT2D eigenvalue weighted by Gasteiger charge is -2.17. The molecule has 1 heterocycles. The number of nitrogens with zero attached hydrogens (tertiary/aromatic N) is 2. The molecule has 0 bridgehead atoms. The van der Waals surface area contributed by atoms with Gasteiger partial charge in [0.1, 0.15) is 5.51 Å². The van der Waals surface area contributed by atoms with Crippen LogP contribution in [0.1, 0.15) is 38.1 Å². The molecule has 1 N–H and O–H groups in total. The fourth-order valence-corrected chi connectivity index (χ4v) is 3.39. The van der Waals surface area contributed by atoms with Crippen molar-refractivity contribution in [2.24, 2.45) is 5.41 Å². The van der Waals surface area contributed by atoms with Crippen LogP contribution in [0, 0.1) is 5.41 Å². The van der Waals surface area contributed by atoms with Gasteiger partial charge in [0, 0.05) is 16.7 Å². The van der Waals surface area contributed by atoms with Crippen LogP contribution in [0.3, 0.4) is 0 Å². The van der Waals surface area contributed by atoms with E-state index < -0.39 is 5.41 Å². The summed E-state index contributed by atoms with van der Waals surface area (Å²) >= 11 is 2.81. The maximum absolute atomic E-state index is 12.4. The zero-order valence-corrected chi connectivity index (χ0v) is 15.1. The molecular weight excluding hydrogens is 330 g/mol. The summed E-state index contributed by atoms with van der Waals surface area (Å²) < 4.78 is 0.778. The fraction of sp³-hybridized carbons (Fsp3) is 0.375. The standard InChI is InChI=1S/C16H19N3O2S2/c1-10(23-15-19-17-9-22-15)13(20)11-5-7-12(8-6-11)18-14(21)16(2,3)4/h5-10H,1-4H3,(H,18,21)/t10-/m1/s1. The molecule has 2 rings (SSSR count). The Morgan fingerprint density at radius 3 is 2.39 bits per heavy atom. The number of ketones is 1. The predicted molar refractivity (Wildman–Crippen MR) is 94.1 cm³/mol. The molecule has 0 radical (unpaired) electrons. The average molecular weight is 349 g/mol. The molecule has 122 valence electrons. The SMILES string of the molecule is C[C@@H](Sc1nncs1)C(=O)c1ccc(NC(=O)C(C)(C)C)cc1. The molecule has 23 heavy (non-hydrogen) atoms. The van der Waals surface area contributed by atoms with Crippen LogP contribution in [0.2, 0.25) is 0 Å². The van der Waals surface area contributed by atoms with Gasteiger partial charge in [-0.3, -0.25) is 9.59 Å². The summed E-state index contributed by atoms with van der Waals surface area (Å²) in [6.45, 7) is 7.41. The van der Waals surface area contributed by atoms with Gasteiger partial charge >= 0.3 is 0 Å². The monoisotopic (exact) mass is 349 g/mol. The maximum atomic E-state index is 12.4. The van der Waals surface area contributed by atoms with Gasteiger partial charge in [-0.2, -0.15) is 0 Å².